The van der Waals surface area contributed by atoms with Gasteiger partial charge in [-0.2, -0.15) is 0 Å². The zero-order chi connectivity index (χ0) is 7.90. The van der Waals surface area contributed by atoms with E-state index in [4.69, 9.17) is 4.74 Å². The Kier molecular flexibility index (Phi) is 1.57. The van der Waals surface area contributed by atoms with Crippen LogP contribution in [0.15, 0.2) is 12.2 Å². The highest BCUT2D eigenvalue weighted by molar-refractivity contribution is 5.11. The molecule has 0 N–H and O–H groups in total. The van der Waals surface area contributed by atoms with Gasteiger partial charge in [0.2, 0.25) is 0 Å². The lowest BCUT2D eigenvalue weighted by Gasteiger charge is -2.30. The lowest BCUT2D eigenvalue weighted by atomic mass is 9.74. The van der Waals surface area contributed by atoms with E-state index in [2.05, 4.69) is 26.0 Å². The Balaban J connectivity index is 2.25. The molecule has 2 rings (SSSR count). The fourth-order valence-electron chi connectivity index (χ4n) is 2.20. The van der Waals surface area contributed by atoms with Gasteiger partial charge < -0.3 is 4.74 Å². The molecule has 0 saturated carbocycles. The number of hydrogen-bond donors (Lipinski definition) is 0. The predicted molar refractivity (Wildman–Crippen MR) is 45.3 cm³/mol. The first kappa shape index (κ1) is 7.35. The van der Waals surface area contributed by atoms with Gasteiger partial charge in [0.25, 0.3) is 0 Å². The SMILES string of the molecule is CC1(C)C2C=CC1COCC2. The lowest BCUT2D eigenvalue weighted by molar-refractivity contribution is 0.107. The Labute approximate surface area is 68.4 Å². The Morgan fingerprint density at radius 1 is 1.27 bits per heavy atom. The summed E-state index contributed by atoms with van der Waals surface area (Å²) in [5.41, 5.74) is 0.455. The molecular weight excluding hydrogens is 136 g/mol. The number of rotatable bonds is 0. The van der Waals surface area contributed by atoms with E-state index in [-0.39, 0.29) is 0 Å². The predicted octanol–water partition coefficient (Wildman–Crippen LogP) is 2.24. The van der Waals surface area contributed by atoms with Crippen LogP contribution in [0.1, 0.15) is 20.3 Å². The molecule has 1 saturated heterocycles. The largest absolute Gasteiger partial charge is 0.381 e. The van der Waals surface area contributed by atoms with Crippen molar-refractivity contribution in [2.75, 3.05) is 13.2 Å². The Bertz CT molecular complexity index is 163. The molecule has 1 aliphatic carbocycles. The maximum Gasteiger partial charge on any atom is 0.0534 e. The van der Waals surface area contributed by atoms with E-state index < -0.39 is 0 Å². The topological polar surface area (TPSA) is 9.23 Å². The number of allylic oxidation sites excluding steroid dienone is 1. The second-order valence-electron chi connectivity index (χ2n) is 4.28. The molecule has 2 atom stereocenters. The molecule has 2 unspecified atom stereocenters. The fraction of sp³-hybridized carbons (Fsp3) is 0.800. The van der Waals surface area contributed by atoms with Gasteiger partial charge in [0.15, 0.2) is 0 Å². The van der Waals surface area contributed by atoms with Gasteiger partial charge in [-0.3, -0.25) is 0 Å². The minimum absolute atomic E-state index is 0.455. The first-order valence-corrected chi connectivity index (χ1v) is 4.47. The normalized spacial score (nSPS) is 40.5. The van der Waals surface area contributed by atoms with Gasteiger partial charge in [-0.15, -0.1) is 0 Å². The summed E-state index contributed by atoms with van der Waals surface area (Å²) >= 11 is 0. The van der Waals surface area contributed by atoms with Crippen LogP contribution in [0.2, 0.25) is 0 Å². The van der Waals surface area contributed by atoms with Crippen molar-refractivity contribution in [2.24, 2.45) is 17.3 Å². The highest BCUT2D eigenvalue weighted by Crippen LogP contribution is 2.45. The molecule has 0 spiro atoms. The molecule has 0 amide bonds. The molecule has 62 valence electrons. The van der Waals surface area contributed by atoms with Crippen LogP contribution >= 0.6 is 0 Å². The maximum atomic E-state index is 5.51. The molecule has 1 heteroatoms. The molecule has 11 heavy (non-hydrogen) atoms. The fourth-order valence-corrected chi connectivity index (χ4v) is 2.20. The van der Waals surface area contributed by atoms with Gasteiger partial charge in [0.05, 0.1) is 6.61 Å². The van der Waals surface area contributed by atoms with Gasteiger partial charge in [0, 0.05) is 12.5 Å². The Morgan fingerprint density at radius 2 is 2.00 bits per heavy atom. The molecule has 1 fully saturated rings. The Hall–Kier alpha value is -0.300. The standard InChI is InChI=1S/C10H16O/c1-10(2)8-3-4-9(10)7-11-6-5-8/h3-4,8-9H,5-7H2,1-2H3. The van der Waals surface area contributed by atoms with Crippen molar-refractivity contribution in [2.45, 2.75) is 20.3 Å². The molecule has 2 aliphatic rings. The number of fused-ring (bicyclic) bond motifs is 2. The average Bonchev–Trinajstić information content (AvgIpc) is 2.00. The van der Waals surface area contributed by atoms with Crippen molar-refractivity contribution in [3.8, 4) is 0 Å². The average molecular weight is 152 g/mol. The van der Waals surface area contributed by atoms with E-state index in [1.165, 1.54) is 6.42 Å². The van der Waals surface area contributed by atoms with Crippen LogP contribution in [0.4, 0.5) is 0 Å². The van der Waals surface area contributed by atoms with Crippen molar-refractivity contribution in [3.05, 3.63) is 12.2 Å². The van der Waals surface area contributed by atoms with E-state index >= 15 is 0 Å². The molecule has 0 aromatic rings. The summed E-state index contributed by atoms with van der Waals surface area (Å²) in [6.07, 6.45) is 5.93. The van der Waals surface area contributed by atoms with Gasteiger partial charge in [-0.25, -0.2) is 0 Å². The van der Waals surface area contributed by atoms with E-state index in [0.29, 0.717) is 11.3 Å². The van der Waals surface area contributed by atoms with Crippen molar-refractivity contribution in [1.29, 1.82) is 0 Å². The van der Waals surface area contributed by atoms with Crippen molar-refractivity contribution in [1.82, 2.24) is 0 Å². The quantitative estimate of drug-likeness (QED) is 0.484. The van der Waals surface area contributed by atoms with Crippen LogP contribution in [0, 0.1) is 17.3 Å². The third kappa shape index (κ3) is 1.02. The second kappa shape index (κ2) is 2.34. The van der Waals surface area contributed by atoms with Crippen LogP contribution in [0.25, 0.3) is 0 Å². The maximum absolute atomic E-state index is 5.51. The van der Waals surface area contributed by atoms with Crippen LogP contribution in [0.3, 0.4) is 0 Å². The molecular formula is C10H16O. The van der Waals surface area contributed by atoms with Gasteiger partial charge in [-0.05, 0) is 17.8 Å². The molecule has 1 nitrogen and oxygen atoms in total. The minimum atomic E-state index is 0.455. The molecule has 0 aromatic carbocycles. The first-order valence-electron chi connectivity index (χ1n) is 4.47. The van der Waals surface area contributed by atoms with E-state index in [1.54, 1.807) is 0 Å². The first-order chi connectivity index (χ1) is 5.21. The minimum Gasteiger partial charge on any atom is -0.381 e. The summed E-state index contributed by atoms with van der Waals surface area (Å²) in [5, 5.41) is 0. The molecule has 2 bridgehead atoms. The lowest BCUT2D eigenvalue weighted by Crippen LogP contribution is -2.26. The van der Waals surface area contributed by atoms with E-state index in [0.717, 1.165) is 19.1 Å². The highest BCUT2D eigenvalue weighted by Gasteiger charge is 2.40. The third-order valence-corrected chi connectivity index (χ3v) is 3.36. The summed E-state index contributed by atoms with van der Waals surface area (Å²) in [7, 11) is 0. The van der Waals surface area contributed by atoms with Crippen LogP contribution in [0.5, 0.6) is 0 Å². The van der Waals surface area contributed by atoms with Crippen LogP contribution in [-0.4, -0.2) is 13.2 Å². The summed E-state index contributed by atoms with van der Waals surface area (Å²) in [6.45, 7) is 6.60. The molecule has 0 aromatic heterocycles. The number of hydrogen-bond acceptors (Lipinski definition) is 1. The van der Waals surface area contributed by atoms with Gasteiger partial charge >= 0.3 is 0 Å². The van der Waals surface area contributed by atoms with E-state index in [1.807, 2.05) is 0 Å². The van der Waals surface area contributed by atoms with Crippen molar-refractivity contribution < 1.29 is 4.74 Å². The molecule has 1 heterocycles. The summed E-state index contributed by atoms with van der Waals surface area (Å²) in [4.78, 5) is 0. The number of ether oxygens (including phenoxy) is 1. The highest BCUT2D eigenvalue weighted by atomic mass is 16.5. The second-order valence-corrected chi connectivity index (χ2v) is 4.28. The van der Waals surface area contributed by atoms with Gasteiger partial charge in [-0.1, -0.05) is 26.0 Å². The molecule has 0 radical (unpaired) electrons. The molecule has 1 aliphatic heterocycles. The van der Waals surface area contributed by atoms with Gasteiger partial charge in [0.1, 0.15) is 0 Å². The van der Waals surface area contributed by atoms with Crippen molar-refractivity contribution >= 4 is 0 Å². The summed E-state index contributed by atoms with van der Waals surface area (Å²) in [5.74, 6) is 1.42. The summed E-state index contributed by atoms with van der Waals surface area (Å²) < 4.78 is 5.51. The zero-order valence-electron chi connectivity index (χ0n) is 7.34. The Morgan fingerprint density at radius 3 is 2.82 bits per heavy atom. The monoisotopic (exact) mass is 152 g/mol. The summed E-state index contributed by atoms with van der Waals surface area (Å²) in [6, 6.07) is 0. The van der Waals surface area contributed by atoms with Crippen LogP contribution in [-0.2, 0) is 4.74 Å². The smallest absolute Gasteiger partial charge is 0.0534 e. The van der Waals surface area contributed by atoms with Crippen LogP contribution < -0.4 is 0 Å². The zero-order valence-corrected chi connectivity index (χ0v) is 7.34. The van der Waals surface area contributed by atoms with Crippen molar-refractivity contribution in [3.63, 3.8) is 0 Å². The van der Waals surface area contributed by atoms with E-state index in [9.17, 15) is 0 Å². The third-order valence-electron chi connectivity index (χ3n) is 3.36.